The molecule has 2 aromatic rings. The molecule has 3 atom stereocenters. The van der Waals surface area contributed by atoms with Crippen molar-refractivity contribution in [3.05, 3.63) is 65.0 Å². The number of halogens is 1. The van der Waals surface area contributed by atoms with Crippen LogP contribution in [0.3, 0.4) is 0 Å². The average molecular weight is 459 g/mol. The minimum Gasteiger partial charge on any atom is -0.493 e. The van der Waals surface area contributed by atoms with Crippen LogP contribution in [0.15, 0.2) is 42.5 Å². The summed E-state index contributed by atoms with van der Waals surface area (Å²) in [5, 5.41) is 0. The Hall–Kier alpha value is -1.64. The topological polar surface area (TPSA) is 46.5 Å². The molecule has 0 heterocycles. The highest BCUT2D eigenvalue weighted by Crippen LogP contribution is 2.56. The maximum absolute atomic E-state index is 14.3. The van der Waals surface area contributed by atoms with Gasteiger partial charge >= 0.3 is 0 Å². The first-order chi connectivity index (χ1) is 15.2. The zero-order valence-corrected chi connectivity index (χ0v) is 20.4. The lowest BCUT2D eigenvalue weighted by molar-refractivity contribution is 0.199. The highest BCUT2D eigenvalue weighted by atomic mass is 31.2. The van der Waals surface area contributed by atoms with Gasteiger partial charge in [0.25, 0.3) is 0 Å². The largest absolute Gasteiger partial charge is 0.493 e. The summed E-state index contributed by atoms with van der Waals surface area (Å²) in [7, 11) is -3.15. The van der Waals surface area contributed by atoms with Crippen molar-refractivity contribution in [2.24, 2.45) is 11.8 Å². The molecule has 0 aromatic heterocycles. The molecule has 0 spiro atoms. The van der Waals surface area contributed by atoms with E-state index in [1.165, 1.54) is 6.66 Å². The van der Waals surface area contributed by atoms with Crippen LogP contribution in [0.1, 0.15) is 74.0 Å². The van der Waals surface area contributed by atoms with E-state index in [-0.39, 0.29) is 17.4 Å². The molecule has 174 valence electrons. The second kappa shape index (κ2) is 9.69. The summed E-state index contributed by atoms with van der Waals surface area (Å²) in [5.41, 5.74) is 2.86. The van der Waals surface area contributed by atoms with E-state index in [1.54, 1.807) is 6.07 Å². The van der Waals surface area contributed by atoms with E-state index < -0.39 is 7.37 Å². The van der Waals surface area contributed by atoms with Crippen molar-refractivity contribution < 1.29 is 18.6 Å². The molecule has 3 unspecified atom stereocenters. The molecule has 0 bridgehead atoms. The molecule has 32 heavy (non-hydrogen) atoms. The van der Waals surface area contributed by atoms with Crippen molar-refractivity contribution in [1.82, 2.24) is 0 Å². The number of rotatable bonds is 8. The van der Waals surface area contributed by atoms with Crippen LogP contribution in [0.4, 0.5) is 4.39 Å². The predicted octanol–water partition coefficient (Wildman–Crippen LogP) is 7.27. The van der Waals surface area contributed by atoms with Crippen molar-refractivity contribution in [3.63, 3.8) is 0 Å². The number of hydrogen-bond acceptors (Lipinski definition) is 2. The highest BCUT2D eigenvalue weighted by Gasteiger charge is 2.41. The monoisotopic (exact) mass is 458 g/mol. The summed E-state index contributed by atoms with van der Waals surface area (Å²) in [4.78, 5) is 10.2. The predicted molar refractivity (Wildman–Crippen MR) is 128 cm³/mol. The van der Waals surface area contributed by atoms with E-state index >= 15 is 0 Å². The molecule has 0 saturated heterocycles. The van der Waals surface area contributed by atoms with Crippen molar-refractivity contribution in [1.29, 1.82) is 0 Å². The minimum atomic E-state index is -3.15. The molecule has 3 nitrogen and oxygen atoms in total. The quantitative estimate of drug-likeness (QED) is 0.423. The molecule has 2 aliphatic carbocycles. The van der Waals surface area contributed by atoms with Crippen LogP contribution < -0.4 is 4.74 Å². The lowest BCUT2D eigenvalue weighted by atomic mass is 9.78. The van der Waals surface area contributed by atoms with Gasteiger partial charge in [-0.05, 0) is 98.4 Å². The first-order valence-electron chi connectivity index (χ1n) is 12.0. The van der Waals surface area contributed by atoms with Gasteiger partial charge in [-0.15, -0.1) is 0 Å². The SMILES string of the molecule is Cc1ccc(F)c(C2CCC(COc3cccc(C(C4CC4)C(C)P(C)(=O)O)c3)CC2)c1. The van der Waals surface area contributed by atoms with Crippen molar-refractivity contribution >= 4 is 7.37 Å². The maximum Gasteiger partial charge on any atom is 0.200 e. The van der Waals surface area contributed by atoms with Crippen molar-refractivity contribution in [2.75, 3.05) is 13.3 Å². The molecule has 1 N–H and O–H groups in total. The normalized spacial score (nSPS) is 25.0. The zero-order valence-electron chi connectivity index (χ0n) is 19.5. The van der Waals surface area contributed by atoms with Gasteiger partial charge in [-0.2, -0.15) is 0 Å². The Kier molecular flexibility index (Phi) is 7.12. The van der Waals surface area contributed by atoms with Crippen LogP contribution in [0.2, 0.25) is 0 Å². The molecular weight excluding hydrogens is 422 g/mol. The Bertz CT molecular complexity index is 973. The minimum absolute atomic E-state index is 0.0777. The maximum atomic E-state index is 14.3. The van der Waals surface area contributed by atoms with Crippen LogP contribution in [0.5, 0.6) is 5.75 Å². The van der Waals surface area contributed by atoms with Gasteiger partial charge in [-0.3, -0.25) is 4.57 Å². The lowest BCUT2D eigenvalue weighted by Crippen LogP contribution is -2.20. The first kappa shape index (κ1) is 23.5. The summed E-state index contributed by atoms with van der Waals surface area (Å²) in [6.07, 6.45) is 6.34. The Labute approximate surface area is 191 Å². The Morgan fingerprint density at radius 1 is 1.09 bits per heavy atom. The summed E-state index contributed by atoms with van der Waals surface area (Å²) in [6.45, 7) is 6.08. The van der Waals surface area contributed by atoms with E-state index in [1.807, 2.05) is 38.1 Å². The average Bonchev–Trinajstić information content (AvgIpc) is 3.59. The van der Waals surface area contributed by atoms with E-state index in [4.69, 9.17) is 4.74 Å². The van der Waals surface area contributed by atoms with Gasteiger partial charge in [0.1, 0.15) is 11.6 Å². The fraction of sp³-hybridized carbons (Fsp3) is 0.556. The highest BCUT2D eigenvalue weighted by molar-refractivity contribution is 7.57. The first-order valence-corrected chi connectivity index (χ1v) is 14.2. The molecule has 0 amide bonds. The third-order valence-corrected chi connectivity index (χ3v) is 9.40. The van der Waals surface area contributed by atoms with E-state index in [0.29, 0.717) is 24.4 Å². The molecule has 2 aromatic carbocycles. The van der Waals surface area contributed by atoms with Gasteiger partial charge < -0.3 is 9.63 Å². The van der Waals surface area contributed by atoms with Crippen LogP contribution in [0.25, 0.3) is 0 Å². The van der Waals surface area contributed by atoms with Crippen LogP contribution in [-0.4, -0.2) is 23.8 Å². The number of hydrogen-bond donors (Lipinski definition) is 1. The van der Waals surface area contributed by atoms with Gasteiger partial charge in [-0.25, -0.2) is 4.39 Å². The van der Waals surface area contributed by atoms with Crippen LogP contribution in [-0.2, 0) is 4.57 Å². The smallest absolute Gasteiger partial charge is 0.200 e. The molecule has 2 saturated carbocycles. The summed E-state index contributed by atoms with van der Waals surface area (Å²) in [5.74, 6) is 2.16. The summed E-state index contributed by atoms with van der Waals surface area (Å²) in [6, 6.07) is 13.6. The Balaban J connectivity index is 1.35. The number of aryl methyl sites for hydroxylation is 1. The molecule has 2 aliphatic rings. The van der Waals surface area contributed by atoms with E-state index in [0.717, 1.165) is 61.0 Å². The van der Waals surface area contributed by atoms with Gasteiger partial charge in [-0.1, -0.05) is 36.8 Å². The molecule has 0 radical (unpaired) electrons. The van der Waals surface area contributed by atoms with E-state index in [2.05, 4.69) is 12.1 Å². The molecule has 4 rings (SSSR count). The summed E-state index contributed by atoms with van der Waals surface area (Å²) < 4.78 is 32.8. The fourth-order valence-electron chi connectivity index (χ4n) is 5.34. The second-order valence-electron chi connectivity index (χ2n) is 10.2. The van der Waals surface area contributed by atoms with Crippen LogP contribution >= 0.6 is 7.37 Å². The Morgan fingerprint density at radius 3 is 2.47 bits per heavy atom. The van der Waals surface area contributed by atoms with Gasteiger partial charge in [0.15, 0.2) is 0 Å². The van der Waals surface area contributed by atoms with E-state index in [9.17, 15) is 13.8 Å². The van der Waals surface area contributed by atoms with Gasteiger partial charge in [0, 0.05) is 12.3 Å². The third-order valence-electron chi connectivity index (χ3n) is 7.57. The zero-order chi connectivity index (χ0) is 22.9. The standard InChI is InChI=1S/C27H36FO3P/c1-18-7-14-26(28)25(15-18)21-10-8-20(9-11-21)17-31-24-6-4-5-23(16-24)27(22-12-13-22)19(2)32(3,29)30/h4-7,14-16,19-22,27H,8-13,17H2,1-3H3,(H,29,30). The fourth-order valence-corrected chi connectivity index (χ4v) is 6.35. The molecule has 2 fully saturated rings. The number of benzene rings is 2. The third kappa shape index (κ3) is 5.64. The molecular formula is C27H36FO3P. The number of ether oxygens (including phenoxy) is 1. The Morgan fingerprint density at radius 2 is 1.81 bits per heavy atom. The van der Waals surface area contributed by atoms with Crippen molar-refractivity contribution in [3.8, 4) is 5.75 Å². The van der Waals surface area contributed by atoms with Crippen molar-refractivity contribution in [2.45, 2.75) is 69.9 Å². The summed E-state index contributed by atoms with van der Waals surface area (Å²) >= 11 is 0. The van der Waals surface area contributed by atoms with Gasteiger partial charge in [0.2, 0.25) is 7.37 Å². The van der Waals surface area contributed by atoms with Gasteiger partial charge in [0.05, 0.1) is 6.61 Å². The molecule has 5 heteroatoms. The second-order valence-corrected chi connectivity index (χ2v) is 12.9. The molecule has 0 aliphatic heterocycles. The lowest BCUT2D eigenvalue weighted by Gasteiger charge is -2.29. The van der Waals surface area contributed by atoms with Crippen LogP contribution in [0, 0.1) is 24.6 Å².